The highest BCUT2D eigenvalue weighted by Crippen LogP contribution is 2.34. The molecule has 0 aromatic heterocycles. The Morgan fingerprint density at radius 1 is 0.920 bits per heavy atom. The van der Waals surface area contributed by atoms with Crippen LogP contribution in [0.2, 0.25) is 13.1 Å². The summed E-state index contributed by atoms with van der Waals surface area (Å²) in [6.45, 7) is 25.2. The van der Waals surface area contributed by atoms with Crippen LogP contribution in [0.5, 0.6) is 5.75 Å². The van der Waals surface area contributed by atoms with Crippen LogP contribution < -0.4 is 9.92 Å². The van der Waals surface area contributed by atoms with Crippen LogP contribution >= 0.6 is 0 Å². The van der Waals surface area contributed by atoms with Crippen LogP contribution in [0.1, 0.15) is 66.5 Å². The molecule has 0 heterocycles. The van der Waals surface area contributed by atoms with Gasteiger partial charge in [-0.25, -0.2) is 0 Å². The maximum absolute atomic E-state index is 5.98. The standard InChI is InChI=1S/C23H38OSi/c1-15(2)17(4)18(5)19(6)25(11,12)21-14-16(3)13-20(22(21)24-10)23(7,8)9/h13-14H,1-12H3/b19-18+. The van der Waals surface area contributed by atoms with Gasteiger partial charge in [0, 0.05) is 0 Å². The van der Waals surface area contributed by atoms with Crippen molar-refractivity contribution in [3.05, 3.63) is 45.2 Å². The van der Waals surface area contributed by atoms with E-state index in [1.165, 1.54) is 38.2 Å². The number of hydrogen-bond donors (Lipinski definition) is 0. The van der Waals surface area contributed by atoms with E-state index in [2.05, 4.69) is 87.5 Å². The zero-order chi connectivity index (χ0) is 19.7. The van der Waals surface area contributed by atoms with E-state index in [9.17, 15) is 0 Å². The number of hydrogen-bond acceptors (Lipinski definition) is 1. The van der Waals surface area contributed by atoms with E-state index in [0.29, 0.717) is 0 Å². The summed E-state index contributed by atoms with van der Waals surface area (Å²) < 4.78 is 5.98. The van der Waals surface area contributed by atoms with Crippen molar-refractivity contribution in [2.75, 3.05) is 7.11 Å². The van der Waals surface area contributed by atoms with Gasteiger partial charge in [0.2, 0.25) is 0 Å². The average molecular weight is 359 g/mol. The first-order valence-electron chi connectivity index (χ1n) is 9.27. The fourth-order valence-corrected chi connectivity index (χ4v) is 6.26. The van der Waals surface area contributed by atoms with Crippen molar-refractivity contribution in [3.8, 4) is 5.75 Å². The normalized spacial score (nSPS) is 13.4. The van der Waals surface area contributed by atoms with Gasteiger partial charge in [0.25, 0.3) is 0 Å². The predicted molar refractivity (Wildman–Crippen MR) is 116 cm³/mol. The van der Waals surface area contributed by atoms with E-state index in [-0.39, 0.29) is 5.41 Å². The minimum absolute atomic E-state index is 0.0685. The largest absolute Gasteiger partial charge is 0.497 e. The van der Waals surface area contributed by atoms with E-state index < -0.39 is 8.07 Å². The van der Waals surface area contributed by atoms with Crippen LogP contribution in [0.4, 0.5) is 0 Å². The summed E-state index contributed by atoms with van der Waals surface area (Å²) in [7, 11) is -0.0206. The van der Waals surface area contributed by atoms with Crippen LogP contribution in [0, 0.1) is 6.92 Å². The van der Waals surface area contributed by atoms with E-state index >= 15 is 0 Å². The van der Waals surface area contributed by atoms with Crippen molar-refractivity contribution >= 4 is 13.3 Å². The highest BCUT2D eigenvalue weighted by atomic mass is 28.3. The van der Waals surface area contributed by atoms with Gasteiger partial charge < -0.3 is 4.74 Å². The van der Waals surface area contributed by atoms with E-state index in [4.69, 9.17) is 4.74 Å². The summed E-state index contributed by atoms with van der Waals surface area (Å²) in [5.41, 5.74) is 6.96. The third-order valence-corrected chi connectivity index (χ3v) is 9.70. The van der Waals surface area contributed by atoms with E-state index in [0.717, 1.165) is 5.75 Å². The molecule has 0 amide bonds. The zero-order valence-electron chi connectivity index (χ0n) is 18.6. The summed E-state index contributed by atoms with van der Waals surface area (Å²) >= 11 is 0. The number of methoxy groups -OCH3 is 1. The molecular weight excluding hydrogens is 320 g/mol. The van der Waals surface area contributed by atoms with Gasteiger partial charge >= 0.3 is 0 Å². The Kier molecular flexibility index (Phi) is 6.55. The van der Waals surface area contributed by atoms with Crippen molar-refractivity contribution in [3.63, 3.8) is 0 Å². The van der Waals surface area contributed by atoms with Gasteiger partial charge in [-0.3, -0.25) is 0 Å². The van der Waals surface area contributed by atoms with Crippen LogP contribution in [-0.2, 0) is 5.41 Å². The highest BCUT2D eigenvalue weighted by Gasteiger charge is 2.33. The Morgan fingerprint density at radius 3 is 1.84 bits per heavy atom. The maximum Gasteiger partial charge on any atom is 0.122 e. The topological polar surface area (TPSA) is 9.23 Å². The third-order valence-electron chi connectivity index (χ3n) is 5.73. The van der Waals surface area contributed by atoms with Gasteiger partial charge in [0.15, 0.2) is 0 Å². The maximum atomic E-state index is 5.98. The Bertz CT molecular complexity index is 708. The number of benzene rings is 1. The fourth-order valence-electron chi connectivity index (χ4n) is 3.34. The molecule has 0 saturated carbocycles. The number of rotatable bonds is 4. The predicted octanol–water partition coefficient (Wildman–Crippen LogP) is 6.45. The summed E-state index contributed by atoms with van der Waals surface area (Å²) in [6.07, 6.45) is 0. The number of allylic oxidation sites excluding steroid dienone is 4. The van der Waals surface area contributed by atoms with Crippen molar-refractivity contribution in [1.29, 1.82) is 0 Å². The fraction of sp³-hybridized carbons (Fsp3) is 0.565. The summed E-state index contributed by atoms with van der Waals surface area (Å²) in [5.74, 6) is 1.09. The van der Waals surface area contributed by atoms with Crippen molar-refractivity contribution in [1.82, 2.24) is 0 Å². The van der Waals surface area contributed by atoms with Crippen LogP contribution in [0.3, 0.4) is 0 Å². The molecule has 0 atom stereocenters. The Morgan fingerprint density at radius 2 is 1.44 bits per heavy atom. The van der Waals surface area contributed by atoms with Crippen molar-refractivity contribution in [2.45, 2.75) is 80.8 Å². The molecule has 25 heavy (non-hydrogen) atoms. The Labute approximate surface area is 157 Å². The Balaban J connectivity index is 3.78. The lowest BCUT2D eigenvalue weighted by Crippen LogP contribution is -2.45. The lowest BCUT2D eigenvalue weighted by Gasteiger charge is -2.32. The molecule has 0 unspecified atom stereocenters. The van der Waals surface area contributed by atoms with Gasteiger partial charge in [-0.1, -0.05) is 67.9 Å². The van der Waals surface area contributed by atoms with E-state index in [1.807, 2.05) is 7.11 Å². The van der Waals surface area contributed by atoms with Crippen molar-refractivity contribution in [2.24, 2.45) is 0 Å². The summed E-state index contributed by atoms with van der Waals surface area (Å²) in [6, 6.07) is 4.65. The molecule has 2 heteroatoms. The summed E-state index contributed by atoms with van der Waals surface area (Å²) in [4.78, 5) is 0. The molecule has 1 rings (SSSR count). The van der Waals surface area contributed by atoms with Gasteiger partial charge in [0.05, 0.1) is 7.11 Å². The van der Waals surface area contributed by atoms with Gasteiger partial charge in [-0.05, 0) is 63.3 Å². The van der Waals surface area contributed by atoms with Crippen LogP contribution in [0.15, 0.2) is 34.0 Å². The molecule has 0 saturated heterocycles. The summed E-state index contributed by atoms with van der Waals surface area (Å²) in [5, 5.41) is 2.95. The molecule has 0 N–H and O–H groups in total. The first-order chi connectivity index (χ1) is 11.2. The van der Waals surface area contributed by atoms with Crippen LogP contribution in [0.25, 0.3) is 0 Å². The smallest absolute Gasteiger partial charge is 0.122 e. The molecule has 0 radical (unpaired) electrons. The molecule has 0 aliphatic heterocycles. The molecule has 0 aliphatic carbocycles. The molecule has 1 nitrogen and oxygen atoms in total. The van der Waals surface area contributed by atoms with Crippen molar-refractivity contribution < 1.29 is 4.74 Å². The SMILES string of the molecule is COc1c(C(C)(C)C)cc(C)cc1[Si](C)(C)/C(C)=C(\C)C(C)=C(C)C. The Hall–Kier alpha value is -1.28. The molecule has 0 fully saturated rings. The minimum atomic E-state index is -1.84. The third kappa shape index (κ3) is 4.47. The molecule has 0 aliphatic rings. The zero-order valence-corrected chi connectivity index (χ0v) is 19.6. The molecule has 1 aromatic rings. The quantitative estimate of drug-likeness (QED) is 0.444. The lowest BCUT2D eigenvalue weighted by molar-refractivity contribution is 0.400. The molecular formula is C23H38OSi. The molecule has 1 aromatic carbocycles. The molecule has 0 spiro atoms. The van der Waals surface area contributed by atoms with Gasteiger partial charge in [-0.15, -0.1) is 0 Å². The first-order valence-corrected chi connectivity index (χ1v) is 12.3. The second-order valence-corrected chi connectivity index (χ2v) is 13.7. The number of ether oxygens (including phenoxy) is 1. The highest BCUT2D eigenvalue weighted by molar-refractivity contribution is 6.96. The molecule has 0 bridgehead atoms. The molecule has 140 valence electrons. The monoisotopic (exact) mass is 358 g/mol. The average Bonchev–Trinajstić information content (AvgIpc) is 2.50. The second kappa shape index (κ2) is 7.53. The van der Waals surface area contributed by atoms with Gasteiger partial charge in [0.1, 0.15) is 13.8 Å². The second-order valence-electron chi connectivity index (χ2n) is 9.14. The van der Waals surface area contributed by atoms with Gasteiger partial charge in [-0.2, -0.15) is 0 Å². The van der Waals surface area contributed by atoms with Crippen LogP contribution in [-0.4, -0.2) is 15.2 Å². The lowest BCUT2D eigenvalue weighted by atomic mass is 9.85. The first kappa shape index (κ1) is 21.8. The minimum Gasteiger partial charge on any atom is -0.497 e. The number of aryl methyl sites for hydroxylation is 1. The van der Waals surface area contributed by atoms with E-state index in [1.54, 1.807) is 0 Å².